The highest BCUT2D eigenvalue weighted by Crippen LogP contribution is 2.35. The van der Waals surface area contributed by atoms with Crippen molar-refractivity contribution in [3.05, 3.63) is 58.1 Å². The first-order valence-electron chi connectivity index (χ1n) is 6.23. The van der Waals surface area contributed by atoms with Crippen LogP contribution in [0.1, 0.15) is 12.5 Å². The predicted octanol–water partition coefficient (Wildman–Crippen LogP) is 4.32. The summed E-state index contributed by atoms with van der Waals surface area (Å²) in [6.45, 7) is 2.11. The van der Waals surface area contributed by atoms with Gasteiger partial charge < -0.3 is 4.74 Å². The number of nitro benzene ring substituents is 1. The number of nitrogens with zero attached hydrogens (tertiary/aromatic N) is 1. The van der Waals surface area contributed by atoms with Crippen molar-refractivity contribution in [2.75, 3.05) is 7.11 Å². The highest BCUT2D eigenvalue weighted by Gasteiger charge is 2.14. The Labute approximate surface area is 121 Å². The summed E-state index contributed by atoms with van der Waals surface area (Å²) in [5, 5.41) is 10.8. The zero-order valence-electron chi connectivity index (χ0n) is 11.3. The average Bonchev–Trinajstić information content (AvgIpc) is 2.47. The largest absolute Gasteiger partial charge is 0.490 e. The van der Waals surface area contributed by atoms with Gasteiger partial charge >= 0.3 is 5.69 Å². The van der Waals surface area contributed by atoms with Gasteiger partial charge in [-0.2, -0.15) is 0 Å². The highest BCUT2D eigenvalue weighted by molar-refractivity contribution is 7.99. The number of nitro groups is 1. The number of methoxy groups -OCH3 is 1. The molecule has 0 radical (unpaired) electrons. The van der Waals surface area contributed by atoms with E-state index in [-0.39, 0.29) is 11.4 Å². The van der Waals surface area contributed by atoms with Crippen LogP contribution in [0.3, 0.4) is 0 Å². The molecule has 0 unspecified atom stereocenters. The normalized spacial score (nSPS) is 10.3. The number of ether oxygens (including phenoxy) is 1. The Balaban J connectivity index is 2.22. The summed E-state index contributed by atoms with van der Waals surface area (Å²) in [4.78, 5) is 12.4. The summed E-state index contributed by atoms with van der Waals surface area (Å²) in [5.41, 5.74) is 1.27. The lowest BCUT2D eigenvalue weighted by Gasteiger charge is -2.06. The lowest BCUT2D eigenvalue weighted by atomic mass is 10.2. The predicted molar refractivity (Wildman–Crippen MR) is 79.6 cm³/mol. The minimum Gasteiger partial charge on any atom is -0.490 e. The molecule has 20 heavy (non-hydrogen) atoms. The summed E-state index contributed by atoms with van der Waals surface area (Å²) >= 11 is 1.55. The maximum atomic E-state index is 10.8. The van der Waals surface area contributed by atoms with Crippen LogP contribution in [0.5, 0.6) is 5.75 Å². The zero-order valence-corrected chi connectivity index (χ0v) is 12.1. The van der Waals surface area contributed by atoms with Crippen molar-refractivity contribution in [1.29, 1.82) is 0 Å². The lowest BCUT2D eigenvalue weighted by Crippen LogP contribution is -1.93. The third-order valence-electron chi connectivity index (χ3n) is 2.92. The van der Waals surface area contributed by atoms with E-state index < -0.39 is 4.92 Å². The number of hydrogen-bond donors (Lipinski definition) is 0. The molecule has 0 bridgehead atoms. The fourth-order valence-corrected chi connectivity index (χ4v) is 2.65. The van der Waals surface area contributed by atoms with Crippen molar-refractivity contribution in [3.8, 4) is 5.75 Å². The maximum absolute atomic E-state index is 10.8. The number of aryl methyl sites for hydroxylation is 1. The fraction of sp³-hybridized carbons (Fsp3) is 0.200. The molecule has 0 atom stereocenters. The minimum atomic E-state index is -0.441. The highest BCUT2D eigenvalue weighted by atomic mass is 32.2. The molecule has 0 saturated heterocycles. The number of rotatable bonds is 5. The molecule has 0 aliphatic heterocycles. The molecular weight excluding hydrogens is 274 g/mol. The van der Waals surface area contributed by atoms with Crippen LogP contribution in [0.2, 0.25) is 0 Å². The first kappa shape index (κ1) is 14.4. The van der Waals surface area contributed by atoms with Crippen LogP contribution in [-0.2, 0) is 6.42 Å². The van der Waals surface area contributed by atoms with Crippen LogP contribution in [0.25, 0.3) is 0 Å². The Morgan fingerprint density at radius 3 is 2.35 bits per heavy atom. The summed E-state index contributed by atoms with van der Waals surface area (Å²) in [6.07, 6.45) is 1.01. The van der Waals surface area contributed by atoms with E-state index >= 15 is 0 Å². The molecular formula is C15H15NO3S. The summed E-state index contributed by atoms with van der Waals surface area (Å²) < 4.78 is 5.07. The van der Waals surface area contributed by atoms with Gasteiger partial charge in [0.25, 0.3) is 0 Å². The average molecular weight is 289 g/mol. The molecule has 2 aromatic carbocycles. The van der Waals surface area contributed by atoms with E-state index in [4.69, 9.17) is 4.74 Å². The van der Waals surface area contributed by atoms with Crippen molar-refractivity contribution < 1.29 is 9.66 Å². The second kappa shape index (κ2) is 6.43. The molecule has 0 fully saturated rings. The van der Waals surface area contributed by atoms with Gasteiger partial charge in [-0.1, -0.05) is 30.8 Å². The topological polar surface area (TPSA) is 52.4 Å². The smallest absolute Gasteiger partial charge is 0.310 e. The van der Waals surface area contributed by atoms with E-state index in [1.54, 1.807) is 23.9 Å². The standard InChI is InChI=1S/C15H15NO3S/c1-3-11-4-6-12(7-5-11)20-13-8-9-14(16(17)18)15(10-13)19-2/h4-10H,3H2,1-2H3. The Kier molecular flexibility index (Phi) is 4.63. The zero-order chi connectivity index (χ0) is 14.5. The van der Waals surface area contributed by atoms with Crippen LogP contribution < -0.4 is 4.74 Å². The minimum absolute atomic E-state index is 0.0156. The Morgan fingerprint density at radius 1 is 1.15 bits per heavy atom. The van der Waals surface area contributed by atoms with E-state index in [1.165, 1.54) is 18.7 Å². The van der Waals surface area contributed by atoms with Crippen molar-refractivity contribution in [1.82, 2.24) is 0 Å². The van der Waals surface area contributed by atoms with E-state index in [0.29, 0.717) is 0 Å². The number of hydrogen-bond acceptors (Lipinski definition) is 4. The number of benzene rings is 2. The van der Waals surface area contributed by atoms with Gasteiger partial charge in [0.15, 0.2) is 5.75 Å². The van der Waals surface area contributed by atoms with Crippen LogP contribution >= 0.6 is 11.8 Å². The van der Waals surface area contributed by atoms with Gasteiger partial charge in [-0.05, 0) is 30.2 Å². The van der Waals surface area contributed by atoms with Crippen LogP contribution in [0.15, 0.2) is 52.3 Å². The molecule has 0 amide bonds. The van der Waals surface area contributed by atoms with Gasteiger partial charge in [0, 0.05) is 21.9 Å². The molecule has 104 valence electrons. The van der Waals surface area contributed by atoms with Crippen molar-refractivity contribution >= 4 is 17.4 Å². The van der Waals surface area contributed by atoms with Crippen LogP contribution in [0.4, 0.5) is 5.69 Å². The molecule has 0 N–H and O–H groups in total. The quantitative estimate of drug-likeness (QED) is 0.607. The van der Waals surface area contributed by atoms with Crippen molar-refractivity contribution in [2.45, 2.75) is 23.1 Å². The van der Waals surface area contributed by atoms with Crippen LogP contribution in [-0.4, -0.2) is 12.0 Å². The summed E-state index contributed by atoms with van der Waals surface area (Å²) in [5.74, 6) is 0.283. The van der Waals surface area contributed by atoms with Crippen LogP contribution in [0, 0.1) is 10.1 Å². The third kappa shape index (κ3) is 3.30. The van der Waals surface area contributed by atoms with Gasteiger partial charge in [-0.15, -0.1) is 0 Å². The second-order valence-electron chi connectivity index (χ2n) is 4.19. The van der Waals surface area contributed by atoms with Crippen molar-refractivity contribution in [2.24, 2.45) is 0 Å². The first-order valence-corrected chi connectivity index (χ1v) is 7.05. The Bertz CT molecular complexity index is 611. The van der Waals surface area contributed by atoms with E-state index in [1.807, 2.05) is 0 Å². The van der Waals surface area contributed by atoms with E-state index in [0.717, 1.165) is 16.2 Å². The maximum Gasteiger partial charge on any atom is 0.310 e. The lowest BCUT2D eigenvalue weighted by molar-refractivity contribution is -0.385. The molecule has 4 nitrogen and oxygen atoms in total. The van der Waals surface area contributed by atoms with Gasteiger partial charge in [-0.25, -0.2) is 0 Å². The summed E-state index contributed by atoms with van der Waals surface area (Å²) in [7, 11) is 1.44. The molecule has 5 heteroatoms. The molecule has 0 aliphatic carbocycles. The molecule has 2 aromatic rings. The molecule has 0 aromatic heterocycles. The molecule has 0 spiro atoms. The monoisotopic (exact) mass is 289 g/mol. The van der Waals surface area contributed by atoms with Gasteiger partial charge in [0.1, 0.15) is 0 Å². The Morgan fingerprint density at radius 2 is 1.80 bits per heavy atom. The third-order valence-corrected chi connectivity index (χ3v) is 3.91. The van der Waals surface area contributed by atoms with Gasteiger partial charge in [-0.3, -0.25) is 10.1 Å². The molecule has 0 heterocycles. The molecule has 0 saturated carbocycles. The fourth-order valence-electron chi connectivity index (χ4n) is 1.80. The van der Waals surface area contributed by atoms with E-state index in [9.17, 15) is 10.1 Å². The Hall–Kier alpha value is -2.01. The first-order chi connectivity index (χ1) is 9.63. The SMILES string of the molecule is CCc1ccc(Sc2ccc([N+](=O)[O-])c(OC)c2)cc1. The molecule has 0 aliphatic rings. The summed E-state index contributed by atoms with van der Waals surface area (Å²) in [6, 6.07) is 13.2. The second-order valence-corrected chi connectivity index (χ2v) is 5.34. The van der Waals surface area contributed by atoms with Gasteiger partial charge in [0.2, 0.25) is 0 Å². The van der Waals surface area contributed by atoms with Gasteiger partial charge in [0.05, 0.1) is 12.0 Å². The van der Waals surface area contributed by atoms with Crippen molar-refractivity contribution in [3.63, 3.8) is 0 Å². The molecule has 2 rings (SSSR count). The van der Waals surface area contributed by atoms with E-state index in [2.05, 4.69) is 31.2 Å².